The molecule has 0 unspecified atom stereocenters. The lowest BCUT2D eigenvalue weighted by atomic mass is 9.93. The molecule has 0 aliphatic heterocycles. The van der Waals surface area contributed by atoms with E-state index in [0.29, 0.717) is 5.13 Å². The van der Waals surface area contributed by atoms with Crippen molar-refractivity contribution in [3.05, 3.63) is 46.7 Å². The Labute approximate surface area is 162 Å². The summed E-state index contributed by atoms with van der Waals surface area (Å²) in [6.45, 7) is 1.88. The number of aromatic nitrogens is 1. The number of hydrogen-bond donors (Lipinski definition) is 1. The number of anilines is 1. The highest BCUT2D eigenvalue weighted by Crippen LogP contribution is 2.24. The van der Waals surface area contributed by atoms with Crippen LogP contribution < -0.4 is 5.32 Å². The molecule has 1 aromatic carbocycles. The number of amides is 2. The molecule has 0 radical (unpaired) electrons. The second-order valence-corrected chi connectivity index (χ2v) is 7.82. The number of aryl methyl sites for hydroxylation is 1. The van der Waals surface area contributed by atoms with Crippen LogP contribution in [0.3, 0.4) is 0 Å². The van der Waals surface area contributed by atoms with Crippen molar-refractivity contribution < 1.29 is 14.0 Å². The van der Waals surface area contributed by atoms with Crippen molar-refractivity contribution in [1.82, 2.24) is 9.88 Å². The molecule has 0 spiro atoms. The number of benzene rings is 1. The molecule has 1 aliphatic carbocycles. The third-order valence-corrected chi connectivity index (χ3v) is 5.66. The lowest BCUT2D eigenvalue weighted by molar-refractivity contribution is -0.137. The molecule has 0 atom stereocenters. The molecule has 1 fully saturated rings. The van der Waals surface area contributed by atoms with E-state index in [1.54, 1.807) is 17.0 Å². The van der Waals surface area contributed by atoms with Crippen LogP contribution in [0, 0.1) is 12.7 Å². The van der Waals surface area contributed by atoms with Crippen LogP contribution in [0.2, 0.25) is 0 Å². The third kappa shape index (κ3) is 5.60. The van der Waals surface area contributed by atoms with Gasteiger partial charge in [-0.3, -0.25) is 9.59 Å². The minimum Gasteiger partial charge on any atom is -0.330 e. The Morgan fingerprint density at radius 3 is 2.56 bits per heavy atom. The van der Waals surface area contributed by atoms with Crippen LogP contribution in [0.4, 0.5) is 9.52 Å². The molecular weight excluding hydrogens is 365 g/mol. The summed E-state index contributed by atoms with van der Waals surface area (Å²) in [5.41, 5.74) is 1.60. The SMILES string of the molecule is Cc1csc(NC(=O)CN(C(=O)Cc2ccc(F)cc2)C2CCCCC2)n1. The van der Waals surface area contributed by atoms with Gasteiger partial charge in [0.1, 0.15) is 12.4 Å². The first-order valence-corrected chi connectivity index (χ1v) is 10.1. The summed E-state index contributed by atoms with van der Waals surface area (Å²) in [6, 6.07) is 6.02. The number of thiazole rings is 1. The summed E-state index contributed by atoms with van der Waals surface area (Å²) in [4.78, 5) is 31.3. The number of hydrogen-bond acceptors (Lipinski definition) is 4. The molecule has 7 heteroatoms. The van der Waals surface area contributed by atoms with Gasteiger partial charge in [-0.2, -0.15) is 0 Å². The van der Waals surface area contributed by atoms with Gasteiger partial charge in [-0.05, 0) is 37.5 Å². The van der Waals surface area contributed by atoms with Gasteiger partial charge in [0, 0.05) is 11.4 Å². The highest BCUT2D eigenvalue weighted by Gasteiger charge is 2.27. The predicted molar refractivity (Wildman–Crippen MR) is 104 cm³/mol. The quantitative estimate of drug-likeness (QED) is 0.814. The van der Waals surface area contributed by atoms with Crippen LogP contribution in [0.25, 0.3) is 0 Å². The predicted octanol–water partition coefficient (Wildman–Crippen LogP) is 3.93. The van der Waals surface area contributed by atoms with Gasteiger partial charge in [-0.15, -0.1) is 11.3 Å². The Bertz CT molecular complexity index is 785. The van der Waals surface area contributed by atoms with Crippen LogP contribution >= 0.6 is 11.3 Å². The number of carbonyl (C=O) groups is 2. The summed E-state index contributed by atoms with van der Waals surface area (Å²) in [5, 5.41) is 5.20. The summed E-state index contributed by atoms with van der Waals surface area (Å²) < 4.78 is 13.1. The van der Waals surface area contributed by atoms with Crippen molar-refractivity contribution in [2.24, 2.45) is 0 Å². The van der Waals surface area contributed by atoms with Gasteiger partial charge in [-0.25, -0.2) is 9.37 Å². The van der Waals surface area contributed by atoms with E-state index in [9.17, 15) is 14.0 Å². The topological polar surface area (TPSA) is 62.3 Å². The van der Waals surface area contributed by atoms with E-state index in [1.165, 1.54) is 29.9 Å². The van der Waals surface area contributed by atoms with E-state index < -0.39 is 0 Å². The molecule has 2 amide bonds. The highest BCUT2D eigenvalue weighted by atomic mass is 32.1. The Morgan fingerprint density at radius 1 is 1.22 bits per heavy atom. The highest BCUT2D eigenvalue weighted by molar-refractivity contribution is 7.13. The van der Waals surface area contributed by atoms with Gasteiger partial charge in [-0.1, -0.05) is 31.4 Å². The Kier molecular flexibility index (Phi) is 6.55. The van der Waals surface area contributed by atoms with Crippen LogP contribution in [-0.4, -0.2) is 34.3 Å². The van der Waals surface area contributed by atoms with Gasteiger partial charge in [0.2, 0.25) is 11.8 Å². The van der Waals surface area contributed by atoms with E-state index in [-0.39, 0.29) is 36.6 Å². The molecule has 0 bridgehead atoms. The largest absolute Gasteiger partial charge is 0.330 e. The number of nitrogens with one attached hydrogen (secondary N) is 1. The lowest BCUT2D eigenvalue weighted by Crippen LogP contribution is -2.46. The first-order valence-electron chi connectivity index (χ1n) is 9.27. The lowest BCUT2D eigenvalue weighted by Gasteiger charge is -2.34. The molecule has 1 aromatic heterocycles. The fraction of sp³-hybridized carbons (Fsp3) is 0.450. The van der Waals surface area contributed by atoms with Crippen molar-refractivity contribution in [3.8, 4) is 0 Å². The van der Waals surface area contributed by atoms with Crippen LogP contribution in [0.15, 0.2) is 29.6 Å². The molecule has 1 heterocycles. The second kappa shape index (κ2) is 9.08. The molecule has 5 nitrogen and oxygen atoms in total. The van der Waals surface area contributed by atoms with E-state index in [0.717, 1.165) is 36.9 Å². The second-order valence-electron chi connectivity index (χ2n) is 6.96. The van der Waals surface area contributed by atoms with Crippen molar-refractivity contribution in [2.75, 3.05) is 11.9 Å². The molecular formula is C20H24FN3O2S. The molecule has 3 rings (SSSR count). The summed E-state index contributed by atoms with van der Waals surface area (Å²) in [7, 11) is 0. The molecule has 27 heavy (non-hydrogen) atoms. The normalized spacial score (nSPS) is 14.7. The van der Waals surface area contributed by atoms with Crippen LogP contribution in [0.5, 0.6) is 0 Å². The monoisotopic (exact) mass is 389 g/mol. The molecule has 1 saturated carbocycles. The van der Waals surface area contributed by atoms with Crippen molar-refractivity contribution in [1.29, 1.82) is 0 Å². The molecule has 0 saturated heterocycles. The first-order chi connectivity index (χ1) is 13.0. The van der Waals surface area contributed by atoms with Crippen molar-refractivity contribution in [2.45, 2.75) is 51.5 Å². The van der Waals surface area contributed by atoms with E-state index in [4.69, 9.17) is 0 Å². The average Bonchev–Trinajstić information content (AvgIpc) is 3.07. The minimum atomic E-state index is -0.326. The maximum atomic E-state index is 13.1. The zero-order valence-corrected chi connectivity index (χ0v) is 16.2. The zero-order chi connectivity index (χ0) is 19.2. The molecule has 1 aliphatic rings. The summed E-state index contributed by atoms with van der Waals surface area (Å²) >= 11 is 1.37. The van der Waals surface area contributed by atoms with Crippen molar-refractivity contribution in [3.63, 3.8) is 0 Å². The van der Waals surface area contributed by atoms with Gasteiger partial charge in [0.15, 0.2) is 5.13 Å². The summed E-state index contributed by atoms with van der Waals surface area (Å²) in [5.74, 6) is -0.658. The van der Waals surface area contributed by atoms with E-state index in [1.807, 2.05) is 12.3 Å². The first kappa shape index (κ1) is 19.5. The van der Waals surface area contributed by atoms with Gasteiger partial charge in [0.05, 0.1) is 12.1 Å². The molecule has 144 valence electrons. The maximum absolute atomic E-state index is 13.1. The van der Waals surface area contributed by atoms with Crippen LogP contribution in [0.1, 0.15) is 43.4 Å². The smallest absolute Gasteiger partial charge is 0.245 e. The number of nitrogens with zero attached hydrogens (tertiary/aromatic N) is 2. The Morgan fingerprint density at radius 2 is 1.93 bits per heavy atom. The number of halogens is 1. The molecule has 1 N–H and O–H groups in total. The van der Waals surface area contributed by atoms with Crippen molar-refractivity contribution >= 4 is 28.3 Å². The summed E-state index contributed by atoms with van der Waals surface area (Å²) in [6.07, 6.45) is 5.30. The third-order valence-electron chi connectivity index (χ3n) is 4.78. The Hall–Kier alpha value is -2.28. The maximum Gasteiger partial charge on any atom is 0.245 e. The van der Waals surface area contributed by atoms with E-state index in [2.05, 4.69) is 10.3 Å². The fourth-order valence-corrected chi connectivity index (χ4v) is 4.12. The number of rotatable bonds is 6. The fourth-order valence-electron chi connectivity index (χ4n) is 3.42. The average molecular weight is 389 g/mol. The molecule has 2 aromatic rings. The number of carbonyl (C=O) groups excluding carboxylic acids is 2. The van der Waals surface area contributed by atoms with Gasteiger partial charge >= 0.3 is 0 Å². The van der Waals surface area contributed by atoms with Crippen LogP contribution in [-0.2, 0) is 16.0 Å². The Balaban J connectivity index is 1.68. The zero-order valence-electron chi connectivity index (χ0n) is 15.4. The van der Waals surface area contributed by atoms with Gasteiger partial charge in [0.25, 0.3) is 0 Å². The minimum absolute atomic E-state index is 0.0172. The van der Waals surface area contributed by atoms with Gasteiger partial charge < -0.3 is 10.2 Å². The standard InChI is InChI=1S/C20H24FN3O2S/c1-14-13-27-20(22-14)23-18(25)12-24(17-5-3-2-4-6-17)19(26)11-15-7-9-16(21)10-8-15/h7-10,13,17H,2-6,11-12H2,1H3,(H,22,23,25). The van der Waals surface area contributed by atoms with E-state index >= 15 is 0 Å².